The van der Waals surface area contributed by atoms with Gasteiger partial charge in [0.1, 0.15) is 17.4 Å². The lowest BCUT2D eigenvalue weighted by atomic mass is 9.97. The molecule has 4 rings (SSSR count). The molecule has 0 amide bonds. The number of hydrogen-bond acceptors (Lipinski definition) is 3. The Morgan fingerprint density at radius 1 is 0.955 bits per heavy atom. The molecule has 2 atom stereocenters. The van der Waals surface area contributed by atoms with Crippen LogP contribution in [0, 0.1) is 0 Å². The predicted molar refractivity (Wildman–Crippen MR) is 86.4 cm³/mol. The Kier molecular flexibility index (Phi) is 2.83. The van der Waals surface area contributed by atoms with E-state index in [9.17, 15) is 4.79 Å². The van der Waals surface area contributed by atoms with Gasteiger partial charge < -0.3 is 9.15 Å². The Labute approximate surface area is 128 Å². The van der Waals surface area contributed by atoms with E-state index in [1.165, 1.54) is 0 Å². The van der Waals surface area contributed by atoms with Crippen LogP contribution in [0.1, 0.15) is 25.3 Å². The number of hydrogen-bond donors (Lipinski definition) is 0. The fourth-order valence-electron chi connectivity index (χ4n) is 3.10. The molecule has 3 nitrogen and oxygen atoms in total. The molecular weight excluding hydrogens is 276 g/mol. The number of rotatable bonds is 1. The SMILES string of the molecule is C[C@@H]1c2c(c3cccc(-c4ccccc4)c3oc2=O)O[C@@H]1C. The maximum absolute atomic E-state index is 12.4. The maximum atomic E-state index is 12.4. The summed E-state index contributed by atoms with van der Waals surface area (Å²) in [6, 6.07) is 15.8. The van der Waals surface area contributed by atoms with Crippen molar-refractivity contribution in [2.24, 2.45) is 0 Å². The van der Waals surface area contributed by atoms with E-state index >= 15 is 0 Å². The van der Waals surface area contributed by atoms with Crippen molar-refractivity contribution >= 4 is 11.0 Å². The van der Waals surface area contributed by atoms with E-state index in [4.69, 9.17) is 9.15 Å². The summed E-state index contributed by atoms with van der Waals surface area (Å²) in [7, 11) is 0. The van der Waals surface area contributed by atoms with Gasteiger partial charge in [-0.05, 0) is 18.6 Å². The van der Waals surface area contributed by atoms with Crippen LogP contribution in [-0.4, -0.2) is 6.10 Å². The van der Waals surface area contributed by atoms with Crippen LogP contribution in [-0.2, 0) is 0 Å². The van der Waals surface area contributed by atoms with Crippen LogP contribution in [0.4, 0.5) is 0 Å². The Hall–Kier alpha value is -2.55. The minimum Gasteiger partial charge on any atom is -0.489 e. The second kappa shape index (κ2) is 4.73. The van der Waals surface area contributed by atoms with Gasteiger partial charge in [-0.2, -0.15) is 0 Å². The second-order valence-electron chi connectivity index (χ2n) is 5.79. The highest BCUT2D eigenvalue weighted by molar-refractivity contribution is 5.96. The molecule has 0 saturated carbocycles. The Morgan fingerprint density at radius 3 is 2.50 bits per heavy atom. The monoisotopic (exact) mass is 292 g/mol. The molecule has 0 N–H and O–H groups in total. The van der Waals surface area contributed by atoms with Gasteiger partial charge in [-0.1, -0.05) is 49.4 Å². The molecule has 0 unspecified atom stereocenters. The summed E-state index contributed by atoms with van der Waals surface area (Å²) in [6.45, 7) is 3.98. The van der Waals surface area contributed by atoms with Crippen molar-refractivity contribution in [3.8, 4) is 16.9 Å². The van der Waals surface area contributed by atoms with Crippen molar-refractivity contribution in [1.29, 1.82) is 0 Å². The first kappa shape index (κ1) is 13.1. The van der Waals surface area contributed by atoms with Crippen LogP contribution >= 0.6 is 0 Å². The number of ether oxygens (including phenoxy) is 1. The minimum atomic E-state index is -0.289. The summed E-state index contributed by atoms with van der Waals surface area (Å²) >= 11 is 0. The quantitative estimate of drug-likeness (QED) is 0.626. The second-order valence-corrected chi connectivity index (χ2v) is 5.79. The van der Waals surface area contributed by atoms with Crippen molar-refractivity contribution in [3.63, 3.8) is 0 Å². The van der Waals surface area contributed by atoms with Crippen LogP contribution in [0.3, 0.4) is 0 Å². The zero-order chi connectivity index (χ0) is 15.3. The fourth-order valence-corrected chi connectivity index (χ4v) is 3.10. The van der Waals surface area contributed by atoms with Crippen LogP contribution in [0.15, 0.2) is 57.7 Å². The van der Waals surface area contributed by atoms with Gasteiger partial charge in [0.05, 0.1) is 10.9 Å². The average Bonchev–Trinajstić information content (AvgIpc) is 2.84. The lowest BCUT2D eigenvalue weighted by Gasteiger charge is -2.09. The van der Waals surface area contributed by atoms with E-state index < -0.39 is 0 Å². The number of para-hydroxylation sites is 1. The van der Waals surface area contributed by atoms with E-state index in [0.29, 0.717) is 16.9 Å². The van der Waals surface area contributed by atoms with Crippen molar-refractivity contribution in [2.45, 2.75) is 25.9 Å². The summed E-state index contributed by atoms with van der Waals surface area (Å²) in [5.74, 6) is 0.736. The van der Waals surface area contributed by atoms with Gasteiger partial charge >= 0.3 is 5.63 Å². The van der Waals surface area contributed by atoms with Gasteiger partial charge in [0.25, 0.3) is 0 Å². The summed E-state index contributed by atoms with van der Waals surface area (Å²) in [5.41, 5.74) is 2.90. The molecule has 1 aliphatic rings. The molecule has 2 aromatic carbocycles. The van der Waals surface area contributed by atoms with Gasteiger partial charge in [0.2, 0.25) is 0 Å². The zero-order valence-electron chi connectivity index (χ0n) is 12.5. The van der Waals surface area contributed by atoms with Gasteiger partial charge in [0, 0.05) is 11.5 Å². The fraction of sp³-hybridized carbons (Fsp3) is 0.211. The lowest BCUT2D eigenvalue weighted by Crippen LogP contribution is -2.14. The molecule has 0 bridgehead atoms. The van der Waals surface area contributed by atoms with Crippen molar-refractivity contribution in [3.05, 3.63) is 64.5 Å². The summed E-state index contributed by atoms with van der Waals surface area (Å²) in [5, 5.41) is 0.868. The van der Waals surface area contributed by atoms with Crippen molar-refractivity contribution in [1.82, 2.24) is 0 Å². The Morgan fingerprint density at radius 2 is 1.73 bits per heavy atom. The zero-order valence-corrected chi connectivity index (χ0v) is 12.5. The van der Waals surface area contributed by atoms with E-state index in [1.54, 1.807) is 0 Å². The van der Waals surface area contributed by atoms with Crippen LogP contribution in [0.2, 0.25) is 0 Å². The molecule has 2 heterocycles. The smallest absolute Gasteiger partial charge is 0.343 e. The van der Waals surface area contributed by atoms with Crippen molar-refractivity contribution in [2.75, 3.05) is 0 Å². The largest absolute Gasteiger partial charge is 0.489 e. The van der Waals surface area contributed by atoms with Crippen LogP contribution in [0.25, 0.3) is 22.1 Å². The third-order valence-electron chi connectivity index (χ3n) is 4.47. The summed E-state index contributed by atoms with van der Waals surface area (Å²) < 4.78 is 11.6. The standard InChI is InChI=1S/C19H16O3/c1-11-12(2)21-18-15-10-6-9-14(13-7-4-3-5-8-13)17(15)22-19(20)16(11)18/h3-12H,1-2H3/t11-,12+/m0/s1. The lowest BCUT2D eigenvalue weighted by molar-refractivity contribution is 0.234. The molecule has 110 valence electrons. The third-order valence-corrected chi connectivity index (χ3v) is 4.47. The first-order chi connectivity index (χ1) is 10.7. The maximum Gasteiger partial charge on any atom is 0.343 e. The molecule has 1 aliphatic heterocycles. The Bertz CT molecular complexity index is 909. The number of benzene rings is 2. The first-order valence-corrected chi connectivity index (χ1v) is 7.48. The topological polar surface area (TPSA) is 39.4 Å². The molecule has 1 aromatic heterocycles. The van der Waals surface area contributed by atoms with Gasteiger partial charge in [0.15, 0.2) is 0 Å². The van der Waals surface area contributed by atoms with Crippen LogP contribution < -0.4 is 10.4 Å². The third kappa shape index (κ3) is 1.78. The van der Waals surface area contributed by atoms with E-state index in [2.05, 4.69) is 0 Å². The molecule has 3 aromatic rings. The first-order valence-electron chi connectivity index (χ1n) is 7.48. The van der Waals surface area contributed by atoms with Crippen molar-refractivity contribution < 1.29 is 9.15 Å². The molecule has 0 fully saturated rings. The van der Waals surface area contributed by atoms with Gasteiger partial charge in [-0.15, -0.1) is 0 Å². The Balaban J connectivity index is 2.07. The molecule has 0 radical (unpaired) electrons. The van der Waals surface area contributed by atoms with Crippen LogP contribution in [0.5, 0.6) is 5.75 Å². The highest BCUT2D eigenvalue weighted by Gasteiger charge is 2.33. The van der Waals surface area contributed by atoms with Gasteiger partial charge in [-0.25, -0.2) is 4.79 Å². The molecule has 3 heteroatoms. The molecule has 0 aliphatic carbocycles. The molecule has 0 spiro atoms. The minimum absolute atomic E-state index is 0.0103. The highest BCUT2D eigenvalue weighted by Crippen LogP contribution is 2.42. The predicted octanol–water partition coefficient (Wildman–Crippen LogP) is 4.34. The summed E-state index contributed by atoms with van der Waals surface area (Å²) in [6.07, 6.45) is -0.0103. The normalized spacial score (nSPS) is 19.9. The van der Waals surface area contributed by atoms with E-state index in [-0.39, 0.29) is 17.6 Å². The van der Waals surface area contributed by atoms with Gasteiger partial charge in [-0.3, -0.25) is 0 Å². The highest BCUT2D eigenvalue weighted by atomic mass is 16.5. The van der Waals surface area contributed by atoms with E-state index in [0.717, 1.165) is 16.5 Å². The molecule has 0 saturated heterocycles. The summed E-state index contributed by atoms with van der Waals surface area (Å²) in [4.78, 5) is 12.4. The van der Waals surface area contributed by atoms with E-state index in [1.807, 2.05) is 62.4 Å². The molecular formula is C19H16O3. The number of fused-ring (bicyclic) bond motifs is 3. The molecule has 22 heavy (non-hydrogen) atoms. The average molecular weight is 292 g/mol.